The van der Waals surface area contributed by atoms with E-state index in [0.717, 1.165) is 6.26 Å². The molecule has 1 N–H and O–H groups in total. The Morgan fingerprint density at radius 1 is 1.53 bits per heavy atom. The Kier molecular flexibility index (Phi) is 3.86. The minimum absolute atomic E-state index is 0.108. The lowest BCUT2D eigenvalue weighted by Gasteiger charge is -2.07. The van der Waals surface area contributed by atoms with E-state index in [4.69, 9.17) is 5.11 Å². The molecule has 1 rings (SSSR count). The SMILES string of the molecule is CS(=O)(=O)c1ccc(C(F)CO)cc1Br. The van der Waals surface area contributed by atoms with Crippen LogP contribution in [-0.2, 0) is 9.84 Å². The number of aliphatic hydroxyl groups excluding tert-OH is 1. The van der Waals surface area contributed by atoms with Gasteiger partial charge in [-0.15, -0.1) is 0 Å². The maximum atomic E-state index is 13.1. The van der Waals surface area contributed by atoms with E-state index in [2.05, 4.69) is 15.9 Å². The Morgan fingerprint density at radius 2 is 2.13 bits per heavy atom. The summed E-state index contributed by atoms with van der Waals surface area (Å²) in [6.07, 6.45) is -0.416. The van der Waals surface area contributed by atoms with Crippen LogP contribution in [0.25, 0.3) is 0 Å². The van der Waals surface area contributed by atoms with Crippen molar-refractivity contribution < 1.29 is 17.9 Å². The van der Waals surface area contributed by atoms with Crippen molar-refractivity contribution in [1.29, 1.82) is 0 Å². The fourth-order valence-electron chi connectivity index (χ4n) is 1.12. The van der Waals surface area contributed by atoms with Crippen LogP contribution in [0.3, 0.4) is 0 Å². The first-order valence-corrected chi connectivity index (χ1v) is 6.79. The quantitative estimate of drug-likeness (QED) is 0.926. The Hall–Kier alpha value is -0.460. The van der Waals surface area contributed by atoms with Gasteiger partial charge in [0, 0.05) is 10.7 Å². The van der Waals surface area contributed by atoms with Crippen molar-refractivity contribution in [2.45, 2.75) is 11.1 Å². The van der Waals surface area contributed by atoms with Crippen LogP contribution in [0.1, 0.15) is 11.7 Å². The summed E-state index contributed by atoms with van der Waals surface area (Å²) < 4.78 is 35.8. The number of alkyl halides is 1. The molecule has 0 aliphatic heterocycles. The molecule has 0 bridgehead atoms. The molecule has 1 aromatic carbocycles. The summed E-state index contributed by atoms with van der Waals surface area (Å²) in [7, 11) is -3.31. The van der Waals surface area contributed by atoms with Crippen LogP contribution in [-0.4, -0.2) is 26.4 Å². The standard InChI is InChI=1S/C9H10BrFO3S/c1-15(13,14)9-3-2-6(4-7(9)10)8(11)5-12/h2-4,8,12H,5H2,1H3. The van der Waals surface area contributed by atoms with Crippen molar-refractivity contribution in [3.8, 4) is 0 Å². The Balaban J connectivity index is 3.21. The van der Waals surface area contributed by atoms with E-state index in [0.29, 0.717) is 4.47 Å². The highest BCUT2D eigenvalue weighted by molar-refractivity contribution is 9.10. The van der Waals surface area contributed by atoms with Gasteiger partial charge in [-0.25, -0.2) is 12.8 Å². The zero-order valence-corrected chi connectivity index (χ0v) is 10.3. The van der Waals surface area contributed by atoms with Crippen LogP contribution >= 0.6 is 15.9 Å². The minimum atomic E-state index is -3.31. The molecule has 0 heterocycles. The van der Waals surface area contributed by atoms with Crippen LogP contribution in [0.4, 0.5) is 4.39 Å². The molecule has 84 valence electrons. The molecular formula is C9H10BrFO3S. The summed E-state index contributed by atoms with van der Waals surface area (Å²) in [6, 6.07) is 4.02. The fraction of sp³-hybridized carbons (Fsp3) is 0.333. The number of aliphatic hydroxyl groups is 1. The van der Waals surface area contributed by atoms with Gasteiger partial charge in [0.2, 0.25) is 0 Å². The molecule has 1 unspecified atom stereocenters. The molecular weight excluding hydrogens is 287 g/mol. The predicted octanol–water partition coefficient (Wildman–Crippen LogP) is 1.86. The van der Waals surface area contributed by atoms with Crippen LogP contribution in [0.2, 0.25) is 0 Å². The highest BCUT2D eigenvalue weighted by Crippen LogP contribution is 2.27. The predicted molar refractivity (Wildman–Crippen MR) is 58.2 cm³/mol. The van der Waals surface area contributed by atoms with Gasteiger partial charge in [0.25, 0.3) is 0 Å². The van der Waals surface area contributed by atoms with Gasteiger partial charge >= 0.3 is 0 Å². The second-order valence-corrected chi connectivity index (χ2v) is 5.95. The molecule has 0 aromatic heterocycles. The van der Waals surface area contributed by atoms with Gasteiger partial charge in [-0.3, -0.25) is 0 Å². The maximum absolute atomic E-state index is 13.1. The van der Waals surface area contributed by atoms with Crippen LogP contribution in [0.15, 0.2) is 27.6 Å². The number of hydrogen-bond donors (Lipinski definition) is 1. The number of hydrogen-bond acceptors (Lipinski definition) is 3. The Labute approximate surface area is 96.0 Å². The van der Waals surface area contributed by atoms with Crippen molar-refractivity contribution in [2.75, 3.05) is 12.9 Å². The number of halogens is 2. The lowest BCUT2D eigenvalue weighted by Crippen LogP contribution is -2.01. The third kappa shape index (κ3) is 2.99. The molecule has 1 aromatic rings. The maximum Gasteiger partial charge on any atom is 0.176 e. The zero-order chi connectivity index (χ0) is 11.6. The monoisotopic (exact) mass is 296 g/mol. The summed E-state index contributed by atoms with van der Waals surface area (Å²) in [5, 5.41) is 8.60. The van der Waals surface area contributed by atoms with Gasteiger partial charge in [0.15, 0.2) is 9.84 Å². The number of rotatable bonds is 3. The van der Waals surface area contributed by atoms with Gasteiger partial charge < -0.3 is 5.11 Å². The van der Waals surface area contributed by atoms with E-state index >= 15 is 0 Å². The van der Waals surface area contributed by atoms with E-state index in [9.17, 15) is 12.8 Å². The van der Waals surface area contributed by atoms with E-state index in [-0.39, 0.29) is 10.5 Å². The average molecular weight is 297 g/mol. The molecule has 15 heavy (non-hydrogen) atoms. The molecule has 6 heteroatoms. The Morgan fingerprint density at radius 3 is 2.53 bits per heavy atom. The molecule has 0 radical (unpaired) electrons. The highest BCUT2D eigenvalue weighted by atomic mass is 79.9. The second-order valence-electron chi connectivity index (χ2n) is 3.11. The minimum Gasteiger partial charge on any atom is -0.393 e. The molecule has 3 nitrogen and oxygen atoms in total. The van der Waals surface area contributed by atoms with E-state index < -0.39 is 22.6 Å². The van der Waals surface area contributed by atoms with Gasteiger partial charge in [-0.2, -0.15) is 0 Å². The normalized spacial score (nSPS) is 13.9. The second kappa shape index (κ2) is 4.59. The van der Waals surface area contributed by atoms with Crippen molar-refractivity contribution in [3.63, 3.8) is 0 Å². The van der Waals surface area contributed by atoms with E-state index in [1.165, 1.54) is 18.2 Å². The fourth-order valence-corrected chi connectivity index (χ4v) is 3.13. The lowest BCUT2D eigenvalue weighted by molar-refractivity contribution is 0.180. The zero-order valence-electron chi connectivity index (χ0n) is 7.94. The molecule has 0 fully saturated rings. The topological polar surface area (TPSA) is 54.4 Å². The largest absolute Gasteiger partial charge is 0.393 e. The summed E-state index contributed by atoms with van der Waals surface area (Å²) in [4.78, 5) is 0.108. The lowest BCUT2D eigenvalue weighted by atomic mass is 10.1. The van der Waals surface area contributed by atoms with Gasteiger partial charge in [-0.05, 0) is 33.6 Å². The van der Waals surface area contributed by atoms with Crippen molar-refractivity contribution in [1.82, 2.24) is 0 Å². The summed E-state index contributed by atoms with van der Waals surface area (Å²) in [6.45, 7) is -0.620. The van der Waals surface area contributed by atoms with E-state index in [1.807, 2.05) is 0 Å². The molecule has 1 atom stereocenters. The smallest absolute Gasteiger partial charge is 0.176 e. The third-order valence-corrected chi connectivity index (χ3v) is 3.95. The van der Waals surface area contributed by atoms with Crippen LogP contribution < -0.4 is 0 Å². The molecule has 0 saturated carbocycles. The third-order valence-electron chi connectivity index (χ3n) is 1.88. The Bertz CT molecular complexity index is 458. The molecule has 0 spiro atoms. The van der Waals surface area contributed by atoms with Crippen molar-refractivity contribution in [2.24, 2.45) is 0 Å². The first-order valence-electron chi connectivity index (χ1n) is 4.10. The molecule has 0 saturated heterocycles. The summed E-state index contributed by atoms with van der Waals surface area (Å²) >= 11 is 3.05. The summed E-state index contributed by atoms with van der Waals surface area (Å²) in [5.41, 5.74) is 0.247. The summed E-state index contributed by atoms with van der Waals surface area (Å²) in [5.74, 6) is 0. The first-order chi connectivity index (χ1) is 6.86. The van der Waals surface area contributed by atoms with Crippen molar-refractivity contribution >= 4 is 25.8 Å². The average Bonchev–Trinajstić information content (AvgIpc) is 2.14. The van der Waals surface area contributed by atoms with Gasteiger partial charge in [-0.1, -0.05) is 6.07 Å². The van der Waals surface area contributed by atoms with Crippen molar-refractivity contribution in [3.05, 3.63) is 28.2 Å². The van der Waals surface area contributed by atoms with Crippen LogP contribution in [0, 0.1) is 0 Å². The first kappa shape index (κ1) is 12.6. The van der Waals surface area contributed by atoms with Gasteiger partial charge in [0.05, 0.1) is 11.5 Å². The number of benzene rings is 1. The van der Waals surface area contributed by atoms with Crippen LogP contribution in [0.5, 0.6) is 0 Å². The molecule has 0 aliphatic rings. The molecule has 0 aliphatic carbocycles. The van der Waals surface area contributed by atoms with E-state index in [1.54, 1.807) is 0 Å². The molecule has 0 amide bonds. The number of sulfone groups is 1. The van der Waals surface area contributed by atoms with Gasteiger partial charge in [0.1, 0.15) is 6.17 Å². The highest BCUT2D eigenvalue weighted by Gasteiger charge is 2.15.